The smallest absolute Gasteiger partial charge is 0.245 e. The van der Waals surface area contributed by atoms with Crippen LogP contribution >= 0.6 is 0 Å². The fraction of sp³-hybridized carbons (Fsp3) is 0.600. The molecule has 1 fully saturated rings. The monoisotopic (exact) mass is 200 g/mol. The van der Waals surface area contributed by atoms with Gasteiger partial charge < -0.3 is 10.6 Å². The lowest BCUT2D eigenvalue weighted by molar-refractivity contribution is -0.125. The van der Waals surface area contributed by atoms with E-state index in [1.807, 2.05) is 13.8 Å². The van der Waals surface area contributed by atoms with E-state index in [9.17, 15) is 9.59 Å². The first-order valence-electron chi connectivity index (χ1n) is 4.86. The molecule has 1 atom stereocenters. The molecule has 2 N–H and O–H groups in total. The summed E-state index contributed by atoms with van der Waals surface area (Å²) in [6, 6.07) is 0. The van der Waals surface area contributed by atoms with Crippen molar-refractivity contribution in [1.29, 1.82) is 0 Å². The van der Waals surface area contributed by atoms with E-state index in [-0.39, 0.29) is 19.2 Å². The Kier molecular flexibility index (Phi) is 5.60. The van der Waals surface area contributed by atoms with Crippen molar-refractivity contribution in [2.75, 3.05) is 13.1 Å². The van der Waals surface area contributed by atoms with Gasteiger partial charge >= 0.3 is 0 Å². The quantitative estimate of drug-likeness (QED) is 0.669. The number of nitrogens with zero attached hydrogens (tertiary/aromatic N) is 1. The summed E-state index contributed by atoms with van der Waals surface area (Å²) in [4.78, 5) is 23.3. The van der Waals surface area contributed by atoms with Crippen LogP contribution < -0.4 is 5.73 Å². The number of amides is 2. The second-order valence-corrected chi connectivity index (χ2v) is 2.88. The molecule has 4 heteroatoms. The topological polar surface area (TPSA) is 63.4 Å². The van der Waals surface area contributed by atoms with E-state index < -0.39 is 0 Å². The summed E-state index contributed by atoms with van der Waals surface area (Å²) in [7, 11) is 0. The van der Waals surface area contributed by atoms with Crippen LogP contribution in [0, 0.1) is 5.92 Å². The summed E-state index contributed by atoms with van der Waals surface area (Å²) in [5.74, 6) is -0.623. The highest BCUT2D eigenvalue weighted by Crippen LogP contribution is 2.15. The molecule has 0 aromatic carbocycles. The van der Waals surface area contributed by atoms with E-state index in [2.05, 4.69) is 6.58 Å². The maximum atomic E-state index is 11.0. The van der Waals surface area contributed by atoms with Crippen LogP contribution in [0.4, 0.5) is 0 Å². The molecular formula is C10H20N2O2. The highest BCUT2D eigenvalue weighted by Gasteiger charge is 2.28. The van der Waals surface area contributed by atoms with Crippen LogP contribution in [0.5, 0.6) is 0 Å². The summed E-state index contributed by atoms with van der Waals surface area (Å²) in [6.45, 7) is 8.42. The third-order valence-corrected chi connectivity index (χ3v) is 2.08. The third kappa shape index (κ3) is 3.20. The van der Waals surface area contributed by atoms with Crippen molar-refractivity contribution in [2.24, 2.45) is 11.7 Å². The van der Waals surface area contributed by atoms with E-state index in [4.69, 9.17) is 5.73 Å². The number of likely N-dealkylation sites (tertiary alicyclic amines) is 1. The first-order chi connectivity index (χ1) is 6.65. The van der Waals surface area contributed by atoms with Crippen LogP contribution in [0.3, 0.4) is 0 Å². The van der Waals surface area contributed by atoms with Gasteiger partial charge in [-0.25, -0.2) is 0 Å². The van der Waals surface area contributed by atoms with Crippen LogP contribution in [0.25, 0.3) is 0 Å². The van der Waals surface area contributed by atoms with Crippen molar-refractivity contribution in [3.8, 4) is 0 Å². The second-order valence-electron chi connectivity index (χ2n) is 2.88. The lowest BCUT2D eigenvalue weighted by Gasteiger charge is -2.12. The molecule has 14 heavy (non-hydrogen) atoms. The average molecular weight is 200 g/mol. The number of carbonyl (C=O) groups excluding carboxylic acids is 2. The Hall–Kier alpha value is -1.32. The number of nitrogens with two attached hydrogens (primary N) is 1. The normalized spacial score (nSPS) is 19.6. The Bertz CT molecular complexity index is 231. The number of primary amides is 1. The zero-order valence-electron chi connectivity index (χ0n) is 8.82. The van der Waals surface area contributed by atoms with Crippen molar-refractivity contribution in [3.63, 3.8) is 0 Å². The van der Waals surface area contributed by atoms with Crippen LogP contribution in [-0.4, -0.2) is 29.8 Å². The molecule has 82 valence electrons. The van der Waals surface area contributed by atoms with Gasteiger partial charge in [0.1, 0.15) is 0 Å². The molecule has 0 aliphatic carbocycles. The number of rotatable bonds is 2. The maximum absolute atomic E-state index is 11.0. The molecule has 0 bridgehead atoms. The molecule has 1 heterocycles. The predicted molar refractivity (Wildman–Crippen MR) is 57.5 cm³/mol. The van der Waals surface area contributed by atoms with Crippen molar-refractivity contribution >= 4 is 11.8 Å². The largest absolute Gasteiger partial charge is 0.369 e. The highest BCUT2D eigenvalue weighted by molar-refractivity contribution is 5.88. The fourth-order valence-electron chi connectivity index (χ4n) is 1.32. The SMILES string of the molecule is C=CC(=O)N1CCC(C(N)=O)C1.CC.[HH]. The molecule has 1 aliphatic heterocycles. The van der Waals surface area contributed by atoms with Gasteiger partial charge in [0.25, 0.3) is 0 Å². The minimum atomic E-state index is -0.325. The van der Waals surface area contributed by atoms with Crippen LogP contribution in [0.1, 0.15) is 21.7 Å². The fourth-order valence-corrected chi connectivity index (χ4v) is 1.32. The van der Waals surface area contributed by atoms with Crippen molar-refractivity contribution in [2.45, 2.75) is 20.3 Å². The first-order valence-corrected chi connectivity index (χ1v) is 4.86. The van der Waals surface area contributed by atoms with E-state index in [1.165, 1.54) is 6.08 Å². The van der Waals surface area contributed by atoms with Gasteiger partial charge in [0.2, 0.25) is 11.8 Å². The molecule has 1 unspecified atom stereocenters. The molecule has 2 amide bonds. The molecular weight excluding hydrogens is 180 g/mol. The predicted octanol–water partition coefficient (Wildman–Crippen LogP) is 0.778. The van der Waals surface area contributed by atoms with Crippen LogP contribution in [0.15, 0.2) is 12.7 Å². The number of carbonyl (C=O) groups is 2. The molecule has 0 aromatic rings. The van der Waals surface area contributed by atoms with E-state index in [1.54, 1.807) is 4.90 Å². The number of hydrogen-bond acceptors (Lipinski definition) is 2. The second kappa shape index (κ2) is 6.18. The summed E-state index contributed by atoms with van der Waals surface area (Å²) >= 11 is 0. The van der Waals surface area contributed by atoms with Gasteiger partial charge in [-0.15, -0.1) is 0 Å². The summed E-state index contributed by atoms with van der Waals surface area (Å²) in [5.41, 5.74) is 5.10. The van der Waals surface area contributed by atoms with E-state index >= 15 is 0 Å². The van der Waals surface area contributed by atoms with Gasteiger partial charge in [-0.3, -0.25) is 9.59 Å². The van der Waals surface area contributed by atoms with Crippen molar-refractivity contribution in [1.82, 2.24) is 4.90 Å². The van der Waals surface area contributed by atoms with Gasteiger partial charge in [-0.1, -0.05) is 20.4 Å². The van der Waals surface area contributed by atoms with Gasteiger partial charge in [-0.05, 0) is 12.5 Å². The molecule has 1 aliphatic rings. The minimum absolute atomic E-state index is 0. The van der Waals surface area contributed by atoms with Crippen LogP contribution in [-0.2, 0) is 9.59 Å². The molecule has 0 spiro atoms. The Morgan fingerprint density at radius 2 is 2.14 bits per heavy atom. The van der Waals surface area contributed by atoms with Gasteiger partial charge in [0.15, 0.2) is 0 Å². The van der Waals surface area contributed by atoms with E-state index in [0.29, 0.717) is 19.5 Å². The Balaban J connectivity index is 0. The summed E-state index contributed by atoms with van der Waals surface area (Å²) in [5, 5.41) is 0. The lowest BCUT2D eigenvalue weighted by Crippen LogP contribution is -2.30. The maximum Gasteiger partial charge on any atom is 0.245 e. The summed E-state index contributed by atoms with van der Waals surface area (Å²) < 4.78 is 0. The number of hydrogen-bond donors (Lipinski definition) is 1. The molecule has 4 nitrogen and oxygen atoms in total. The lowest BCUT2D eigenvalue weighted by atomic mass is 10.1. The average Bonchev–Trinajstić information content (AvgIpc) is 2.68. The minimum Gasteiger partial charge on any atom is -0.369 e. The van der Waals surface area contributed by atoms with Gasteiger partial charge in [0.05, 0.1) is 5.92 Å². The first kappa shape index (κ1) is 12.7. The zero-order chi connectivity index (χ0) is 11.1. The van der Waals surface area contributed by atoms with E-state index in [0.717, 1.165) is 0 Å². The molecule has 1 saturated heterocycles. The van der Waals surface area contributed by atoms with Gasteiger partial charge in [0, 0.05) is 14.5 Å². The molecule has 0 radical (unpaired) electrons. The van der Waals surface area contributed by atoms with Gasteiger partial charge in [-0.2, -0.15) is 0 Å². The van der Waals surface area contributed by atoms with Crippen LogP contribution in [0.2, 0.25) is 0 Å². The van der Waals surface area contributed by atoms with Crippen molar-refractivity contribution in [3.05, 3.63) is 12.7 Å². The zero-order valence-corrected chi connectivity index (χ0v) is 8.82. The third-order valence-electron chi connectivity index (χ3n) is 2.08. The molecule has 0 saturated carbocycles. The Morgan fingerprint density at radius 3 is 2.50 bits per heavy atom. The Morgan fingerprint density at radius 1 is 1.57 bits per heavy atom. The standard InChI is InChI=1S/C8H12N2O2.C2H6.H2/c1-2-7(11)10-4-3-6(5-10)8(9)12;1-2;/h2,6H,1,3-5H2,(H2,9,12);1-2H3;1H. The molecule has 1 rings (SSSR count). The molecule has 0 aromatic heterocycles. The highest BCUT2D eigenvalue weighted by atomic mass is 16.2. The summed E-state index contributed by atoms with van der Waals surface area (Å²) in [6.07, 6.45) is 1.93. The van der Waals surface area contributed by atoms with Crippen molar-refractivity contribution < 1.29 is 11.0 Å². The Labute approximate surface area is 86.2 Å².